The van der Waals surface area contributed by atoms with Crippen LogP contribution in [-0.4, -0.2) is 60.3 Å². The van der Waals surface area contributed by atoms with Crippen LogP contribution < -0.4 is 9.64 Å². The topological polar surface area (TPSA) is 90.3 Å². The van der Waals surface area contributed by atoms with E-state index < -0.39 is 12.1 Å². The van der Waals surface area contributed by atoms with E-state index in [4.69, 9.17) is 16.3 Å². The van der Waals surface area contributed by atoms with Crippen molar-refractivity contribution in [1.29, 1.82) is 0 Å². The number of carboxylic acids is 1. The van der Waals surface area contributed by atoms with Crippen molar-refractivity contribution in [2.45, 2.75) is 58.0 Å². The Bertz CT molecular complexity index is 1140. The summed E-state index contributed by atoms with van der Waals surface area (Å²) < 4.78 is 6.26. The number of aliphatic carboxylic acids is 1. The standard InChI is InChI=1S/C30H39ClN2O5/c1-4-10-22-17-25(31)12-13-26(22)24-19-33(16-9-7-5-6-8-15-32(3)21(2)34)27-18-23(29(35)30(36)37)11-14-28(27)38-20-24/h6,8,11-14,17-18,24,29,35H,4-5,7,9-10,15-16,19-20H2,1-3H3,(H,36,37)/b8-6+. The van der Waals surface area contributed by atoms with Crippen LogP contribution in [0.4, 0.5) is 5.69 Å². The minimum atomic E-state index is -1.59. The number of benzene rings is 2. The minimum absolute atomic E-state index is 0.0430. The maximum atomic E-state index is 11.4. The third kappa shape index (κ3) is 7.98. The Labute approximate surface area is 230 Å². The number of unbranched alkanes of at least 4 members (excludes halogenated alkanes) is 2. The number of hydrogen-bond acceptors (Lipinski definition) is 5. The van der Waals surface area contributed by atoms with E-state index in [2.05, 4.69) is 24.0 Å². The molecule has 0 aliphatic carbocycles. The van der Waals surface area contributed by atoms with E-state index in [-0.39, 0.29) is 11.8 Å². The van der Waals surface area contributed by atoms with Crippen LogP contribution in [0.3, 0.4) is 0 Å². The summed E-state index contributed by atoms with van der Waals surface area (Å²) >= 11 is 6.31. The summed E-state index contributed by atoms with van der Waals surface area (Å²) in [7, 11) is 1.78. The molecule has 1 amide bonds. The fourth-order valence-electron chi connectivity index (χ4n) is 4.73. The van der Waals surface area contributed by atoms with Crippen LogP contribution in [0, 0.1) is 0 Å². The Morgan fingerprint density at radius 2 is 2.00 bits per heavy atom. The van der Waals surface area contributed by atoms with Gasteiger partial charge in [0, 0.05) is 44.5 Å². The van der Waals surface area contributed by atoms with Crippen molar-refractivity contribution < 1.29 is 24.5 Å². The van der Waals surface area contributed by atoms with Gasteiger partial charge in [-0.2, -0.15) is 0 Å². The van der Waals surface area contributed by atoms with Gasteiger partial charge in [-0.1, -0.05) is 49.2 Å². The molecule has 3 rings (SSSR count). The van der Waals surface area contributed by atoms with Crippen molar-refractivity contribution in [3.05, 3.63) is 70.3 Å². The fourth-order valence-corrected chi connectivity index (χ4v) is 4.92. The lowest BCUT2D eigenvalue weighted by Gasteiger charge is -2.28. The molecule has 2 atom stereocenters. The molecule has 38 heavy (non-hydrogen) atoms. The Morgan fingerprint density at radius 1 is 1.21 bits per heavy atom. The molecule has 0 radical (unpaired) electrons. The zero-order valence-corrected chi connectivity index (χ0v) is 23.3. The number of hydrogen-bond donors (Lipinski definition) is 2. The molecule has 7 nitrogen and oxygen atoms in total. The number of allylic oxidation sites excluding steroid dienone is 1. The van der Waals surface area contributed by atoms with Gasteiger partial charge in [0.05, 0.1) is 12.3 Å². The molecular weight excluding hydrogens is 504 g/mol. The summed E-state index contributed by atoms with van der Waals surface area (Å²) in [5.41, 5.74) is 3.58. The van der Waals surface area contributed by atoms with Gasteiger partial charge in [0.1, 0.15) is 5.75 Å². The minimum Gasteiger partial charge on any atom is -0.491 e. The number of rotatable bonds is 12. The monoisotopic (exact) mass is 542 g/mol. The first-order valence-corrected chi connectivity index (χ1v) is 13.7. The average Bonchev–Trinajstić information content (AvgIpc) is 3.06. The SMILES string of the molecule is CCCc1cc(Cl)ccc1C1COc2ccc(C(O)C(=O)O)cc2N(CCCC/C=C/CN(C)C(C)=O)C1. The first-order valence-electron chi connectivity index (χ1n) is 13.3. The smallest absolute Gasteiger partial charge is 0.337 e. The van der Waals surface area contributed by atoms with Crippen molar-refractivity contribution in [3.8, 4) is 5.75 Å². The molecule has 2 unspecified atom stereocenters. The van der Waals surface area contributed by atoms with E-state index in [1.807, 2.05) is 18.2 Å². The molecule has 8 heteroatoms. The van der Waals surface area contributed by atoms with Crippen LogP contribution >= 0.6 is 11.6 Å². The number of likely N-dealkylation sites (N-methyl/N-ethyl adjacent to an activating group) is 1. The third-order valence-electron chi connectivity index (χ3n) is 6.95. The highest BCUT2D eigenvalue weighted by Gasteiger charge is 2.27. The maximum Gasteiger partial charge on any atom is 0.337 e. The maximum absolute atomic E-state index is 11.4. The van der Waals surface area contributed by atoms with Gasteiger partial charge >= 0.3 is 5.97 Å². The number of halogens is 1. The summed E-state index contributed by atoms with van der Waals surface area (Å²) in [6, 6.07) is 11.2. The summed E-state index contributed by atoms with van der Waals surface area (Å²) in [6.07, 6.45) is 7.27. The van der Waals surface area contributed by atoms with Crippen LogP contribution in [0.15, 0.2) is 48.6 Å². The molecule has 1 heterocycles. The lowest BCUT2D eigenvalue weighted by Crippen LogP contribution is -2.30. The van der Waals surface area contributed by atoms with Gasteiger partial charge in [-0.3, -0.25) is 4.79 Å². The van der Waals surface area contributed by atoms with Crippen LogP contribution in [0.25, 0.3) is 0 Å². The predicted octanol–water partition coefficient (Wildman–Crippen LogP) is 5.60. The summed E-state index contributed by atoms with van der Waals surface area (Å²) in [5.74, 6) is -0.444. The van der Waals surface area contributed by atoms with Gasteiger partial charge in [0.2, 0.25) is 5.91 Å². The largest absolute Gasteiger partial charge is 0.491 e. The van der Waals surface area contributed by atoms with Crippen molar-refractivity contribution in [1.82, 2.24) is 4.90 Å². The second kappa shape index (κ2) is 14.2. The Morgan fingerprint density at radius 3 is 2.71 bits per heavy atom. The zero-order chi connectivity index (χ0) is 27.7. The van der Waals surface area contributed by atoms with E-state index in [9.17, 15) is 19.8 Å². The van der Waals surface area contributed by atoms with Crippen LogP contribution in [0.1, 0.15) is 68.2 Å². The molecule has 0 spiro atoms. The number of amides is 1. The van der Waals surface area contributed by atoms with Gasteiger partial charge in [0.15, 0.2) is 6.10 Å². The highest BCUT2D eigenvalue weighted by atomic mass is 35.5. The molecule has 2 N–H and O–H groups in total. The molecule has 2 aromatic carbocycles. The van der Waals surface area contributed by atoms with E-state index in [1.54, 1.807) is 37.1 Å². The zero-order valence-electron chi connectivity index (χ0n) is 22.5. The first kappa shape index (κ1) is 29.5. The second-order valence-electron chi connectivity index (χ2n) is 9.88. The highest BCUT2D eigenvalue weighted by Crippen LogP contribution is 2.38. The highest BCUT2D eigenvalue weighted by molar-refractivity contribution is 6.30. The van der Waals surface area contributed by atoms with E-state index in [0.29, 0.717) is 31.0 Å². The summed E-state index contributed by atoms with van der Waals surface area (Å²) in [4.78, 5) is 26.7. The van der Waals surface area contributed by atoms with Crippen LogP contribution in [0.2, 0.25) is 5.02 Å². The van der Waals surface area contributed by atoms with Crippen LogP contribution in [0.5, 0.6) is 5.75 Å². The Balaban J connectivity index is 1.79. The lowest BCUT2D eigenvalue weighted by atomic mass is 9.92. The molecule has 2 aromatic rings. The normalized spacial score (nSPS) is 16.0. The van der Waals surface area contributed by atoms with E-state index in [0.717, 1.165) is 49.4 Å². The Hall–Kier alpha value is -3.03. The van der Waals surface area contributed by atoms with Gasteiger partial charge in [-0.25, -0.2) is 4.79 Å². The number of aliphatic hydroxyl groups is 1. The molecular formula is C30H39ClN2O5. The van der Waals surface area contributed by atoms with Crippen LogP contribution in [-0.2, 0) is 16.0 Å². The number of fused-ring (bicyclic) bond motifs is 1. The molecule has 0 saturated carbocycles. The van der Waals surface area contributed by atoms with E-state index >= 15 is 0 Å². The molecule has 0 bridgehead atoms. The lowest BCUT2D eigenvalue weighted by molar-refractivity contribution is -0.147. The van der Waals surface area contributed by atoms with Crippen molar-refractivity contribution in [2.75, 3.05) is 38.2 Å². The van der Waals surface area contributed by atoms with Gasteiger partial charge in [-0.15, -0.1) is 0 Å². The number of carboxylic acid groups (broad SMARTS) is 1. The van der Waals surface area contributed by atoms with Crippen molar-refractivity contribution >= 4 is 29.2 Å². The van der Waals surface area contributed by atoms with Gasteiger partial charge < -0.3 is 24.7 Å². The van der Waals surface area contributed by atoms with E-state index in [1.165, 1.54) is 11.1 Å². The number of anilines is 1. The molecule has 1 aliphatic heterocycles. The molecule has 0 aromatic heterocycles. The van der Waals surface area contributed by atoms with Gasteiger partial charge in [0.25, 0.3) is 0 Å². The number of carbonyl (C=O) groups is 2. The number of ether oxygens (including phenoxy) is 1. The number of aliphatic hydroxyl groups excluding tert-OH is 1. The predicted molar refractivity (Wildman–Crippen MR) is 151 cm³/mol. The molecule has 0 saturated heterocycles. The molecule has 206 valence electrons. The number of carbonyl (C=O) groups excluding carboxylic acids is 1. The van der Waals surface area contributed by atoms with Crippen molar-refractivity contribution in [3.63, 3.8) is 0 Å². The third-order valence-corrected chi connectivity index (χ3v) is 7.19. The fraction of sp³-hybridized carbons (Fsp3) is 0.467. The second-order valence-corrected chi connectivity index (χ2v) is 10.3. The average molecular weight is 543 g/mol. The summed E-state index contributed by atoms with van der Waals surface area (Å²) in [6.45, 7) is 6.27. The summed E-state index contributed by atoms with van der Waals surface area (Å²) in [5, 5.41) is 20.2. The quantitative estimate of drug-likeness (QED) is 0.268. The van der Waals surface area contributed by atoms with Gasteiger partial charge in [-0.05, 0) is 66.6 Å². The number of nitrogens with zero attached hydrogens (tertiary/aromatic N) is 2. The Kier molecular flexibility index (Phi) is 11.0. The molecule has 0 fully saturated rings. The molecule has 1 aliphatic rings. The number of aryl methyl sites for hydroxylation is 1. The first-order chi connectivity index (χ1) is 18.2. The van der Waals surface area contributed by atoms with Crippen molar-refractivity contribution in [2.24, 2.45) is 0 Å².